The number of nitriles is 2. The lowest BCUT2D eigenvalue weighted by molar-refractivity contribution is 0.110. The first kappa shape index (κ1) is 6.39. The monoisotopic (exact) mass is 146 g/mol. The average Bonchev–Trinajstić information content (AvgIpc) is 2.60. The molecular weight excluding hydrogens is 140 g/mol. The Hall–Kier alpha value is -1.32. The summed E-state index contributed by atoms with van der Waals surface area (Å²) in [6, 6.07) is 4.20. The van der Waals surface area contributed by atoms with Gasteiger partial charge in [0.05, 0.1) is 36.2 Å². The van der Waals surface area contributed by atoms with Gasteiger partial charge in [-0.05, 0) is 0 Å². The summed E-state index contributed by atoms with van der Waals surface area (Å²) >= 11 is 0. The van der Waals surface area contributed by atoms with Crippen LogP contribution < -0.4 is 0 Å². The van der Waals surface area contributed by atoms with Crippen LogP contribution in [0.25, 0.3) is 0 Å². The number of fused-ring (bicyclic) bond motifs is 2. The second kappa shape index (κ2) is 2.08. The van der Waals surface area contributed by atoms with Gasteiger partial charge in [-0.1, -0.05) is 12.2 Å². The van der Waals surface area contributed by atoms with E-state index >= 15 is 0 Å². The minimum Gasteiger partial charge on any atom is -0.364 e. The first-order chi connectivity index (χ1) is 5.36. The smallest absolute Gasteiger partial charge is 0.0948 e. The van der Waals surface area contributed by atoms with E-state index in [4.69, 9.17) is 15.3 Å². The van der Waals surface area contributed by atoms with Crippen molar-refractivity contribution in [3.8, 4) is 12.1 Å². The van der Waals surface area contributed by atoms with E-state index in [1.54, 1.807) is 0 Å². The Morgan fingerprint density at radius 1 is 1.00 bits per heavy atom. The van der Waals surface area contributed by atoms with E-state index in [0.717, 1.165) is 0 Å². The molecule has 2 aliphatic rings. The van der Waals surface area contributed by atoms with E-state index in [9.17, 15) is 0 Å². The predicted octanol–water partition coefficient (Wildman–Crippen LogP) is 0.603. The third-order valence-electron chi connectivity index (χ3n) is 2.20. The SMILES string of the molecule is N#C[C@@H]1[C@H](C#N)[C@H]2C=C[C@H]1O2. The first-order valence-corrected chi connectivity index (χ1v) is 3.50. The predicted molar refractivity (Wildman–Crippen MR) is 36.0 cm³/mol. The van der Waals surface area contributed by atoms with E-state index in [1.807, 2.05) is 12.2 Å². The van der Waals surface area contributed by atoms with Gasteiger partial charge in [-0.15, -0.1) is 0 Å². The minimum absolute atomic E-state index is 0.130. The molecule has 0 aromatic rings. The molecule has 0 N–H and O–H groups in total. The highest BCUT2D eigenvalue weighted by atomic mass is 16.5. The largest absolute Gasteiger partial charge is 0.364 e. The van der Waals surface area contributed by atoms with Crippen molar-refractivity contribution in [1.82, 2.24) is 0 Å². The van der Waals surface area contributed by atoms with Crippen LogP contribution in [0.15, 0.2) is 12.2 Å². The molecule has 0 unspecified atom stereocenters. The van der Waals surface area contributed by atoms with Crippen LogP contribution in [0.4, 0.5) is 0 Å². The summed E-state index contributed by atoms with van der Waals surface area (Å²) < 4.78 is 5.32. The molecule has 4 atom stereocenters. The van der Waals surface area contributed by atoms with E-state index in [0.29, 0.717) is 0 Å². The lowest BCUT2D eigenvalue weighted by Crippen LogP contribution is -2.20. The van der Waals surface area contributed by atoms with Crippen molar-refractivity contribution >= 4 is 0 Å². The van der Waals surface area contributed by atoms with E-state index < -0.39 is 0 Å². The molecule has 2 bridgehead atoms. The molecule has 2 rings (SSSR count). The van der Waals surface area contributed by atoms with Crippen molar-refractivity contribution in [2.24, 2.45) is 11.8 Å². The number of ether oxygens (including phenoxy) is 1. The topological polar surface area (TPSA) is 56.8 Å². The molecule has 3 nitrogen and oxygen atoms in total. The van der Waals surface area contributed by atoms with Crippen LogP contribution in [-0.4, -0.2) is 12.2 Å². The Balaban J connectivity index is 2.32. The van der Waals surface area contributed by atoms with Gasteiger partial charge in [0, 0.05) is 0 Å². The van der Waals surface area contributed by atoms with Gasteiger partial charge in [0.2, 0.25) is 0 Å². The molecular formula is C8H6N2O. The molecule has 11 heavy (non-hydrogen) atoms. The van der Waals surface area contributed by atoms with Gasteiger partial charge in [0.1, 0.15) is 0 Å². The molecule has 0 radical (unpaired) electrons. The van der Waals surface area contributed by atoms with Gasteiger partial charge in [0.25, 0.3) is 0 Å². The molecule has 0 amide bonds. The van der Waals surface area contributed by atoms with Crippen LogP contribution in [0, 0.1) is 34.5 Å². The molecule has 0 aromatic heterocycles. The zero-order chi connectivity index (χ0) is 7.84. The van der Waals surface area contributed by atoms with E-state index in [1.165, 1.54) is 0 Å². The standard InChI is InChI=1S/C8H6N2O/c9-3-5-6(4-10)8-2-1-7(5)11-8/h1-2,5-8H/t5-,6+,7-,8-/m1/s1. The van der Waals surface area contributed by atoms with Gasteiger partial charge >= 0.3 is 0 Å². The van der Waals surface area contributed by atoms with Crippen LogP contribution in [0.3, 0.4) is 0 Å². The Bertz CT molecular complexity index is 255. The molecule has 1 saturated heterocycles. The van der Waals surface area contributed by atoms with Gasteiger partial charge in [-0.2, -0.15) is 10.5 Å². The minimum atomic E-state index is -0.255. The number of hydrogen-bond acceptors (Lipinski definition) is 3. The summed E-state index contributed by atoms with van der Waals surface area (Å²) in [5, 5.41) is 17.3. The second-order valence-corrected chi connectivity index (χ2v) is 2.76. The van der Waals surface area contributed by atoms with Crippen LogP contribution in [0.5, 0.6) is 0 Å². The lowest BCUT2D eigenvalue weighted by atomic mass is 9.85. The summed E-state index contributed by atoms with van der Waals surface area (Å²) in [7, 11) is 0. The van der Waals surface area contributed by atoms with Crippen molar-refractivity contribution in [1.29, 1.82) is 10.5 Å². The molecule has 0 aromatic carbocycles. The maximum Gasteiger partial charge on any atom is 0.0948 e. The van der Waals surface area contributed by atoms with Crippen molar-refractivity contribution in [3.05, 3.63) is 12.2 Å². The van der Waals surface area contributed by atoms with Gasteiger partial charge in [0.15, 0.2) is 0 Å². The highest BCUT2D eigenvalue weighted by Crippen LogP contribution is 2.37. The zero-order valence-electron chi connectivity index (χ0n) is 5.77. The Kier molecular flexibility index (Phi) is 1.21. The fourth-order valence-electron chi connectivity index (χ4n) is 1.62. The van der Waals surface area contributed by atoms with E-state index in [-0.39, 0.29) is 24.0 Å². The first-order valence-electron chi connectivity index (χ1n) is 3.50. The van der Waals surface area contributed by atoms with Crippen LogP contribution in [0.2, 0.25) is 0 Å². The molecule has 1 fully saturated rings. The third kappa shape index (κ3) is 0.691. The highest BCUT2D eigenvalue weighted by Gasteiger charge is 2.46. The van der Waals surface area contributed by atoms with Crippen molar-refractivity contribution < 1.29 is 4.74 Å². The fraction of sp³-hybridized carbons (Fsp3) is 0.500. The quantitative estimate of drug-likeness (QED) is 0.470. The van der Waals surface area contributed by atoms with Crippen molar-refractivity contribution in [3.63, 3.8) is 0 Å². The van der Waals surface area contributed by atoms with Gasteiger partial charge in [-0.3, -0.25) is 0 Å². The summed E-state index contributed by atoms with van der Waals surface area (Å²) in [5.41, 5.74) is 0. The maximum atomic E-state index is 8.67. The zero-order valence-corrected chi connectivity index (χ0v) is 5.77. The van der Waals surface area contributed by atoms with Crippen LogP contribution in [-0.2, 0) is 4.74 Å². The van der Waals surface area contributed by atoms with Crippen LogP contribution in [0.1, 0.15) is 0 Å². The summed E-state index contributed by atoms with van der Waals surface area (Å²) in [6.07, 6.45) is 3.47. The molecule has 0 spiro atoms. The van der Waals surface area contributed by atoms with Crippen molar-refractivity contribution in [2.75, 3.05) is 0 Å². The number of rotatable bonds is 0. The van der Waals surface area contributed by atoms with Crippen LogP contribution >= 0.6 is 0 Å². The molecule has 2 heterocycles. The van der Waals surface area contributed by atoms with Gasteiger partial charge < -0.3 is 4.74 Å². The Morgan fingerprint density at radius 3 is 1.82 bits per heavy atom. The fourth-order valence-corrected chi connectivity index (χ4v) is 1.62. The highest BCUT2D eigenvalue weighted by molar-refractivity contribution is 5.23. The summed E-state index contributed by atoms with van der Waals surface area (Å²) in [6.45, 7) is 0. The van der Waals surface area contributed by atoms with Crippen molar-refractivity contribution in [2.45, 2.75) is 12.2 Å². The van der Waals surface area contributed by atoms with Gasteiger partial charge in [-0.25, -0.2) is 0 Å². The molecule has 0 saturated carbocycles. The van der Waals surface area contributed by atoms with E-state index in [2.05, 4.69) is 12.1 Å². The number of hydrogen-bond donors (Lipinski definition) is 0. The molecule has 2 aliphatic heterocycles. The average molecular weight is 146 g/mol. The lowest BCUT2D eigenvalue weighted by Gasteiger charge is -2.10. The number of nitrogens with zero attached hydrogens (tertiary/aromatic N) is 2. The Labute approximate surface area is 64.5 Å². The maximum absolute atomic E-state index is 8.67. The Morgan fingerprint density at radius 2 is 1.45 bits per heavy atom. The summed E-state index contributed by atoms with van der Waals surface area (Å²) in [4.78, 5) is 0. The molecule has 0 aliphatic carbocycles. The third-order valence-corrected chi connectivity index (χ3v) is 2.20. The normalized spacial score (nSPS) is 45.3. The molecule has 3 heteroatoms. The summed E-state index contributed by atoms with van der Waals surface area (Å²) in [5.74, 6) is -0.509. The molecule has 54 valence electrons. The second-order valence-electron chi connectivity index (χ2n) is 2.76.